The lowest BCUT2D eigenvalue weighted by Gasteiger charge is -2.06. The van der Waals surface area contributed by atoms with Crippen molar-refractivity contribution < 1.29 is 0 Å². The smallest absolute Gasteiger partial charge is 0.160 e. The summed E-state index contributed by atoms with van der Waals surface area (Å²) in [4.78, 5) is 13.4. The van der Waals surface area contributed by atoms with Gasteiger partial charge in [-0.3, -0.25) is 0 Å². The van der Waals surface area contributed by atoms with Gasteiger partial charge in [-0.05, 0) is 49.9 Å². The number of nitrogens with zero attached hydrogens (tertiary/aromatic N) is 4. The van der Waals surface area contributed by atoms with E-state index < -0.39 is 0 Å². The predicted molar refractivity (Wildman–Crippen MR) is 82.6 cm³/mol. The Morgan fingerprint density at radius 3 is 2.86 bits per heavy atom. The van der Waals surface area contributed by atoms with Gasteiger partial charge >= 0.3 is 0 Å². The van der Waals surface area contributed by atoms with Crippen LogP contribution < -0.4 is 5.73 Å². The first-order chi connectivity index (χ1) is 10.2. The van der Waals surface area contributed by atoms with Crippen molar-refractivity contribution in [2.45, 2.75) is 26.3 Å². The summed E-state index contributed by atoms with van der Waals surface area (Å²) in [7, 11) is 0. The van der Waals surface area contributed by atoms with Crippen molar-refractivity contribution in [3.8, 4) is 11.3 Å². The zero-order valence-corrected chi connectivity index (χ0v) is 12.0. The molecule has 1 fully saturated rings. The second-order valence-electron chi connectivity index (χ2n) is 5.72. The summed E-state index contributed by atoms with van der Waals surface area (Å²) in [6, 6.07) is 7.80. The van der Waals surface area contributed by atoms with E-state index in [0.29, 0.717) is 5.82 Å². The Morgan fingerprint density at radius 1 is 1.24 bits per heavy atom. The molecule has 2 N–H and O–H groups in total. The summed E-state index contributed by atoms with van der Waals surface area (Å²) in [6.45, 7) is 3.07. The van der Waals surface area contributed by atoms with E-state index in [2.05, 4.69) is 14.5 Å². The third-order valence-electron chi connectivity index (χ3n) is 4.00. The Bertz CT molecular complexity index is 817. The number of hydrogen-bond donors (Lipinski definition) is 1. The molecule has 5 nitrogen and oxygen atoms in total. The first-order valence-electron chi connectivity index (χ1n) is 7.26. The molecule has 106 valence electrons. The number of hydrogen-bond acceptors (Lipinski definition) is 4. The minimum absolute atomic E-state index is 0.511. The SMILES string of the molecule is Cc1nc2ccc(-c3ccnc(N)c3)nc2n1CC1CC1. The van der Waals surface area contributed by atoms with Crippen molar-refractivity contribution >= 4 is 17.0 Å². The number of nitrogen functional groups attached to an aromatic ring is 1. The summed E-state index contributed by atoms with van der Waals surface area (Å²) in [6.07, 6.45) is 4.35. The van der Waals surface area contributed by atoms with Gasteiger partial charge in [-0.2, -0.15) is 0 Å². The number of aryl methyl sites for hydroxylation is 1. The minimum Gasteiger partial charge on any atom is -0.384 e. The van der Waals surface area contributed by atoms with Crippen LogP contribution in [0.1, 0.15) is 18.7 Å². The fourth-order valence-electron chi connectivity index (χ4n) is 2.66. The minimum atomic E-state index is 0.511. The van der Waals surface area contributed by atoms with Crippen LogP contribution in [0.5, 0.6) is 0 Å². The summed E-state index contributed by atoms with van der Waals surface area (Å²) in [5, 5.41) is 0. The van der Waals surface area contributed by atoms with Crippen LogP contribution in [-0.2, 0) is 6.54 Å². The molecule has 0 bridgehead atoms. The third-order valence-corrected chi connectivity index (χ3v) is 4.00. The van der Waals surface area contributed by atoms with Crippen LogP contribution in [0, 0.1) is 12.8 Å². The van der Waals surface area contributed by atoms with Crippen molar-refractivity contribution in [3.05, 3.63) is 36.3 Å². The molecule has 0 aromatic carbocycles. The van der Waals surface area contributed by atoms with E-state index in [-0.39, 0.29) is 0 Å². The van der Waals surface area contributed by atoms with E-state index in [9.17, 15) is 0 Å². The van der Waals surface area contributed by atoms with E-state index in [1.165, 1.54) is 12.8 Å². The molecular formula is C16H17N5. The highest BCUT2D eigenvalue weighted by molar-refractivity contribution is 5.76. The van der Waals surface area contributed by atoms with E-state index in [1.54, 1.807) is 6.20 Å². The lowest BCUT2D eigenvalue weighted by atomic mass is 10.1. The maximum absolute atomic E-state index is 5.76. The summed E-state index contributed by atoms with van der Waals surface area (Å²) < 4.78 is 2.24. The van der Waals surface area contributed by atoms with Gasteiger partial charge in [-0.1, -0.05) is 0 Å². The number of pyridine rings is 2. The van der Waals surface area contributed by atoms with Crippen molar-refractivity contribution in [1.29, 1.82) is 0 Å². The number of aromatic nitrogens is 4. The molecule has 0 spiro atoms. The standard InChI is InChI=1S/C16H17N5/c1-10-19-14-5-4-13(12-6-7-18-15(17)8-12)20-16(14)21(10)9-11-2-3-11/h4-8,11H,2-3,9H2,1H3,(H2,17,18). The number of fused-ring (bicyclic) bond motifs is 1. The van der Waals surface area contributed by atoms with Gasteiger partial charge in [0, 0.05) is 18.3 Å². The molecule has 0 unspecified atom stereocenters. The molecule has 0 radical (unpaired) electrons. The van der Waals surface area contributed by atoms with Gasteiger partial charge in [0.1, 0.15) is 17.2 Å². The van der Waals surface area contributed by atoms with Crippen LogP contribution in [0.15, 0.2) is 30.5 Å². The van der Waals surface area contributed by atoms with Crippen molar-refractivity contribution in [2.75, 3.05) is 5.73 Å². The Hall–Kier alpha value is -2.43. The summed E-state index contributed by atoms with van der Waals surface area (Å²) in [5.41, 5.74) is 9.58. The van der Waals surface area contributed by atoms with Crippen LogP contribution in [0.3, 0.4) is 0 Å². The van der Waals surface area contributed by atoms with Crippen LogP contribution in [0.25, 0.3) is 22.4 Å². The molecule has 0 saturated heterocycles. The molecule has 5 heteroatoms. The van der Waals surface area contributed by atoms with Gasteiger partial charge in [0.15, 0.2) is 5.65 Å². The monoisotopic (exact) mass is 279 g/mol. The quantitative estimate of drug-likeness (QED) is 0.800. The molecule has 4 rings (SSSR count). The molecule has 1 aliphatic carbocycles. The fourth-order valence-corrected chi connectivity index (χ4v) is 2.66. The molecular weight excluding hydrogens is 262 g/mol. The molecule has 1 saturated carbocycles. The van der Waals surface area contributed by atoms with Gasteiger partial charge in [0.2, 0.25) is 0 Å². The molecule has 0 aliphatic heterocycles. The van der Waals surface area contributed by atoms with E-state index in [0.717, 1.165) is 40.7 Å². The Balaban J connectivity index is 1.84. The van der Waals surface area contributed by atoms with E-state index in [1.807, 2.05) is 31.2 Å². The van der Waals surface area contributed by atoms with Crippen LogP contribution in [0.4, 0.5) is 5.82 Å². The second kappa shape index (κ2) is 4.55. The topological polar surface area (TPSA) is 69.6 Å². The molecule has 21 heavy (non-hydrogen) atoms. The van der Waals surface area contributed by atoms with Gasteiger partial charge in [-0.15, -0.1) is 0 Å². The van der Waals surface area contributed by atoms with E-state index >= 15 is 0 Å². The number of rotatable bonds is 3. The van der Waals surface area contributed by atoms with E-state index in [4.69, 9.17) is 10.7 Å². The average molecular weight is 279 g/mol. The van der Waals surface area contributed by atoms with Crippen LogP contribution >= 0.6 is 0 Å². The van der Waals surface area contributed by atoms with Crippen molar-refractivity contribution in [2.24, 2.45) is 5.92 Å². The van der Waals surface area contributed by atoms with Gasteiger partial charge in [0.25, 0.3) is 0 Å². The molecule has 0 atom stereocenters. The molecule has 1 aliphatic rings. The third kappa shape index (κ3) is 2.24. The van der Waals surface area contributed by atoms with Crippen molar-refractivity contribution in [3.63, 3.8) is 0 Å². The van der Waals surface area contributed by atoms with Gasteiger partial charge in [0.05, 0.1) is 5.69 Å². The Morgan fingerprint density at radius 2 is 2.10 bits per heavy atom. The first kappa shape index (κ1) is 12.3. The first-order valence-corrected chi connectivity index (χ1v) is 7.26. The fraction of sp³-hybridized carbons (Fsp3) is 0.312. The average Bonchev–Trinajstić information content (AvgIpc) is 3.24. The van der Waals surface area contributed by atoms with Gasteiger partial charge in [-0.25, -0.2) is 15.0 Å². The normalized spacial score (nSPS) is 14.7. The highest BCUT2D eigenvalue weighted by Gasteiger charge is 2.24. The Kier molecular flexibility index (Phi) is 2.67. The van der Waals surface area contributed by atoms with Gasteiger partial charge < -0.3 is 10.3 Å². The summed E-state index contributed by atoms with van der Waals surface area (Å²) in [5.74, 6) is 2.34. The number of nitrogens with two attached hydrogens (primary N) is 1. The van der Waals surface area contributed by atoms with Crippen molar-refractivity contribution in [1.82, 2.24) is 19.5 Å². The largest absolute Gasteiger partial charge is 0.384 e. The predicted octanol–water partition coefficient (Wildman–Crippen LogP) is 2.79. The molecule has 3 aromatic heterocycles. The van der Waals surface area contributed by atoms with Crippen LogP contribution in [-0.4, -0.2) is 19.5 Å². The molecule has 3 aromatic rings. The number of anilines is 1. The lowest BCUT2D eigenvalue weighted by Crippen LogP contribution is -2.03. The zero-order chi connectivity index (χ0) is 14.4. The second-order valence-corrected chi connectivity index (χ2v) is 5.72. The summed E-state index contributed by atoms with van der Waals surface area (Å²) >= 11 is 0. The number of imidazole rings is 1. The zero-order valence-electron chi connectivity index (χ0n) is 12.0. The maximum atomic E-state index is 5.76. The molecule has 3 heterocycles. The Labute approximate surface area is 122 Å². The molecule has 0 amide bonds. The highest BCUT2D eigenvalue weighted by atomic mass is 15.1. The highest BCUT2D eigenvalue weighted by Crippen LogP contribution is 2.32. The lowest BCUT2D eigenvalue weighted by molar-refractivity contribution is 0.622. The maximum Gasteiger partial charge on any atom is 0.160 e. The van der Waals surface area contributed by atoms with Crippen LogP contribution in [0.2, 0.25) is 0 Å².